The Kier molecular flexibility index (Phi) is 43.3. The van der Waals surface area contributed by atoms with Crippen molar-refractivity contribution in [1.82, 2.24) is 5.32 Å². The Balaban J connectivity index is 4.60. The molecule has 0 aliphatic rings. The van der Waals surface area contributed by atoms with E-state index < -0.39 is 18.2 Å². The van der Waals surface area contributed by atoms with E-state index in [0.717, 1.165) is 96.3 Å². The maximum atomic E-state index is 13.1. The van der Waals surface area contributed by atoms with Crippen LogP contribution in [0.3, 0.4) is 0 Å². The molecule has 0 radical (unpaired) electrons. The Labute approximate surface area is 358 Å². The van der Waals surface area contributed by atoms with Crippen LogP contribution in [0.15, 0.2) is 72.9 Å². The van der Waals surface area contributed by atoms with Crippen LogP contribution in [0, 0.1) is 0 Å². The van der Waals surface area contributed by atoms with Gasteiger partial charge in [-0.3, -0.25) is 9.59 Å². The zero-order valence-electron chi connectivity index (χ0n) is 37.9. The number of amides is 1. The van der Waals surface area contributed by atoms with E-state index in [1.54, 1.807) is 0 Å². The smallest absolute Gasteiger partial charge is 0.306 e. The fourth-order valence-corrected chi connectivity index (χ4v) is 6.92. The monoisotopic (exact) mass is 810 g/mol. The molecule has 0 aliphatic carbocycles. The number of aliphatic hydroxyl groups excluding tert-OH is 2. The number of aliphatic hydroxyl groups is 2. The molecule has 0 aromatic carbocycles. The number of esters is 1. The van der Waals surface area contributed by atoms with Gasteiger partial charge in [0.25, 0.3) is 0 Å². The molecule has 6 heteroatoms. The molecule has 0 heterocycles. The van der Waals surface area contributed by atoms with Gasteiger partial charge < -0.3 is 20.3 Å². The minimum absolute atomic E-state index is 0.0531. The summed E-state index contributed by atoms with van der Waals surface area (Å²) in [4.78, 5) is 26.0. The highest BCUT2D eigenvalue weighted by Crippen LogP contribution is 2.17. The summed E-state index contributed by atoms with van der Waals surface area (Å²) in [5.74, 6) is -0.524. The molecular weight excluding hydrogens is 719 g/mol. The van der Waals surface area contributed by atoms with Crippen LogP contribution in [0.25, 0.3) is 0 Å². The highest BCUT2D eigenvalue weighted by Gasteiger charge is 2.24. The van der Waals surface area contributed by atoms with Crippen molar-refractivity contribution >= 4 is 11.9 Å². The maximum Gasteiger partial charge on any atom is 0.306 e. The third-order valence-corrected chi connectivity index (χ3v) is 10.6. The highest BCUT2D eigenvalue weighted by atomic mass is 16.5. The molecule has 6 nitrogen and oxygen atoms in total. The summed E-state index contributed by atoms with van der Waals surface area (Å²) in [6.07, 6.45) is 56.7. The molecule has 3 atom stereocenters. The molecule has 0 fully saturated rings. The number of allylic oxidation sites excluding steroid dienone is 12. The fraction of sp³-hybridized carbons (Fsp3) is 0.731. The predicted octanol–water partition coefficient (Wildman–Crippen LogP) is 14.2. The van der Waals surface area contributed by atoms with Crippen LogP contribution in [0.5, 0.6) is 0 Å². The lowest BCUT2D eigenvalue weighted by Gasteiger charge is -2.24. The van der Waals surface area contributed by atoms with Gasteiger partial charge in [0.05, 0.1) is 25.2 Å². The Bertz CT molecular complexity index is 1090. The van der Waals surface area contributed by atoms with Crippen LogP contribution in [-0.2, 0) is 14.3 Å². The van der Waals surface area contributed by atoms with E-state index in [4.69, 9.17) is 4.74 Å². The van der Waals surface area contributed by atoms with E-state index in [2.05, 4.69) is 74.7 Å². The first-order valence-corrected chi connectivity index (χ1v) is 24.2. The molecule has 0 saturated carbocycles. The second-order valence-electron chi connectivity index (χ2n) is 16.3. The molecule has 0 bridgehead atoms. The third kappa shape index (κ3) is 40.1. The van der Waals surface area contributed by atoms with Crippen LogP contribution >= 0.6 is 0 Å². The topological polar surface area (TPSA) is 95.9 Å². The van der Waals surface area contributed by atoms with Crippen LogP contribution < -0.4 is 5.32 Å². The van der Waals surface area contributed by atoms with Gasteiger partial charge in [0.2, 0.25) is 5.91 Å². The van der Waals surface area contributed by atoms with E-state index >= 15 is 0 Å². The van der Waals surface area contributed by atoms with Gasteiger partial charge in [0.15, 0.2) is 0 Å². The van der Waals surface area contributed by atoms with Gasteiger partial charge in [0, 0.05) is 6.42 Å². The van der Waals surface area contributed by atoms with Crippen molar-refractivity contribution in [3.05, 3.63) is 72.9 Å². The number of carbonyl (C=O) groups is 2. The van der Waals surface area contributed by atoms with E-state index in [-0.39, 0.29) is 24.9 Å². The highest BCUT2D eigenvalue weighted by molar-refractivity contribution is 5.77. The number of hydrogen-bond acceptors (Lipinski definition) is 5. The maximum absolute atomic E-state index is 13.1. The quantitative estimate of drug-likeness (QED) is 0.0247. The van der Waals surface area contributed by atoms with E-state index in [1.807, 2.05) is 24.3 Å². The SMILES string of the molecule is CCC/C=C/C=C/C=C/C=C/C=C/CCCCCCCC(=O)OC(CCCCC/C=C\CCCCC)CC(=O)NC(CO)C(O)CCCCCCCCCCCCC. The summed E-state index contributed by atoms with van der Waals surface area (Å²) in [6, 6.07) is -0.712. The molecule has 0 spiro atoms. The summed E-state index contributed by atoms with van der Waals surface area (Å²) in [5.41, 5.74) is 0. The molecule has 0 rings (SSSR count). The van der Waals surface area contributed by atoms with Gasteiger partial charge in [-0.1, -0.05) is 209 Å². The molecule has 0 aromatic rings. The molecule has 334 valence electrons. The van der Waals surface area contributed by atoms with E-state index in [1.165, 1.54) is 77.0 Å². The summed E-state index contributed by atoms with van der Waals surface area (Å²) >= 11 is 0. The average Bonchev–Trinajstić information content (AvgIpc) is 3.22. The fourth-order valence-electron chi connectivity index (χ4n) is 6.92. The zero-order valence-corrected chi connectivity index (χ0v) is 37.9. The first-order valence-electron chi connectivity index (χ1n) is 24.2. The van der Waals surface area contributed by atoms with Crippen molar-refractivity contribution < 1.29 is 24.5 Å². The van der Waals surface area contributed by atoms with Crippen molar-refractivity contribution in [3.8, 4) is 0 Å². The first-order chi connectivity index (χ1) is 28.5. The summed E-state index contributed by atoms with van der Waals surface area (Å²) in [7, 11) is 0. The number of hydrogen-bond donors (Lipinski definition) is 3. The minimum atomic E-state index is -0.797. The van der Waals surface area contributed by atoms with Gasteiger partial charge in [-0.2, -0.15) is 0 Å². The van der Waals surface area contributed by atoms with Gasteiger partial charge in [0.1, 0.15) is 6.10 Å². The van der Waals surface area contributed by atoms with Crippen LogP contribution in [0.2, 0.25) is 0 Å². The number of unbranched alkanes of at least 4 members (excludes halogenated alkanes) is 22. The molecule has 0 aliphatic heterocycles. The van der Waals surface area contributed by atoms with E-state index in [9.17, 15) is 19.8 Å². The van der Waals surface area contributed by atoms with Gasteiger partial charge >= 0.3 is 5.97 Å². The molecule has 3 N–H and O–H groups in total. The van der Waals surface area contributed by atoms with Crippen LogP contribution in [0.4, 0.5) is 0 Å². The number of nitrogens with one attached hydrogen (secondary N) is 1. The lowest BCUT2D eigenvalue weighted by atomic mass is 10.0. The normalized spacial score (nSPS) is 13.9. The van der Waals surface area contributed by atoms with Crippen molar-refractivity contribution in [2.75, 3.05) is 6.61 Å². The van der Waals surface area contributed by atoms with Crippen molar-refractivity contribution in [1.29, 1.82) is 0 Å². The Hall–Kier alpha value is -2.70. The third-order valence-electron chi connectivity index (χ3n) is 10.6. The summed E-state index contributed by atoms with van der Waals surface area (Å²) in [5, 5.41) is 23.6. The van der Waals surface area contributed by atoms with Crippen LogP contribution in [0.1, 0.15) is 220 Å². The van der Waals surface area contributed by atoms with Crippen molar-refractivity contribution in [3.63, 3.8) is 0 Å². The van der Waals surface area contributed by atoms with Gasteiger partial charge in [-0.05, 0) is 70.6 Å². The molecule has 3 unspecified atom stereocenters. The van der Waals surface area contributed by atoms with Crippen molar-refractivity contribution in [2.45, 2.75) is 238 Å². The Morgan fingerprint density at radius 3 is 1.50 bits per heavy atom. The second kappa shape index (κ2) is 45.4. The molecule has 58 heavy (non-hydrogen) atoms. The van der Waals surface area contributed by atoms with Gasteiger partial charge in [-0.15, -0.1) is 0 Å². The average molecular weight is 810 g/mol. The lowest BCUT2D eigenvalue weighted by molar-refractivity contribution is -0.151. The minimum Gasteiger partial charge on any atom is -0.462 e. The summed E-state index contributed by atoms with van der Waals surface area (Å²) in [6.45, 7) is 6.34. The molecule has 0 saturated heterocycles. The standard InChI is InChI=1S/C52H91NO5/c1-4-7-10-13-16-19-22-23-24-25-26-27-28-30-33-36-39-42-45-52(57)58-48(43-40-37-34-31-21-18-15-12-9-6-3)46-51(56)53-49(47-54)50(55)44-41-38-35-32-29-20-17-14-11-8-5-2/h10,13,16,18-19,21-27,48-50,54-55H,4-9,11-12,14-15,17,20,28-47H2,1-3H3,(H,53,56)/b13-10+,19-16+,21-18-,23-22+,25-24+,27-26+. The molecule has 0 aromatic heterocycles. The number of ether oxygens (including phenoxy) is 1. The largest absolute Gasteiger partial charge is 0.462 e. The lowest BCUT2D eigenvalue weighted by Crippen LogP contribution is -2.46. The Morgan fingerprint density at radius 1 is 0.500 bits per heavy atom. The second-order valence-corrected chi connectivity index (χ2v) is 16.3. The Morgan fingerprint density at radius 2 is 0.931 bits per heavy atom. The number of rotatable bonds is 42. The molecule has 1 amide bonds. The predicted molar refractivity (Wildman–Crippen MR) is 250 cm³/mol. The number of carbonyl (C=O) groups excluding carboxylic acids is 2. The van der Waals surface area contributed by atoms with Crippen molar-refractivity contribution in [2.24, 2.45) is 0 Å². The zero-order chi connectivity index (χ0) is 42.4. The van der Waals surface area contributed by atoms with Crippen LogP contribution in [-0.4, -0.2) is 46.9 Å². The van der Waals surface area contributed by atoms with E-state index in [0.29, 0.717) is 19.3 Å². The summed E-state index contributed by atoms with van der Waals surface area (Å²) < 4.78 is 5.89. The molecular formula is C52H91NO5. The van der Waals surface area contributed by atoms with Gasteiger partial charge in [-0.25, -0.2) is 0 Å². The first kappa shape index (κ1) is 55.3.